The molecule has 2 rings (SSSR count). The van der Waals surface area contributed by atoms with E-state index < -0.39 is 5.97 Å². The second-order valence-corrected chi connectivity index (χ2v) is 4.64. The fraction of sp³-hybridized carbons (Fsp3) is 0.167. The van der Waals surface area contributed by atoms with Crippen LogP contribution in [0.3, 0.4) is 0 Å². The monoisotopic (exact) mass is 300 g/mol. The van der Waals surface area contributed by atoms with Crippen LogP contribution in [0.5, 0.6) is 0 Å². The van der Waals surface area contributed by atoms with Crippen LogP contribution in [-0.2, 0) is 6.42 Å². The lowest BCUT2D eigenvalue weighted by molar-refractivity contribution is 0.0688. The highest BCUT2D eigenvalue weighted by molar-refractivity contribution is 6.42. The molecule has 1 aromatic heterocycles. The Hall–Kier alpha value is -1.56. The first kappa shape index (κ1) is 13.9. The molecule has 19 heavy (non-hydrogen) atoms. The largest absolute Gasteiger partial charge is 0.476 e. The van der Waals surface area contributed by atoms with E-state index in [0.29, 0.717) is 21.3 Å². The molecule has 0 unspecified atom stereocenters. The van der Waals surface area contributed by atoms with E-state index in [-0.39, 0.29) is 18.7 Å². The number of hydrogen-bond donors (Lipinski definition) is 2. The molecule has 0 radical (unpaired) electrons. The number of benzene rings is 1. The molecule has 5 nitrogen and oxygen atoms in total. The van der Waals surface area contributed by atoms with Crippen molar-refractivity contribution in [2.75, 3.05) is 6.61 Å². The Kier molecular flexibility index (Phi) is 4.09. The number of aliphatic hydroxyl groups excluding tert-OH is 1. The molecule has 0 aliphatic carbocycles. The Bertz CT molecular complexity index is 625. The van der Waals surface area contributed by atoms with E-state index in [4.69, 9.17) is 33.4 Å². The number of carboxylic acids is 1. The minimum absolute atomic E-state index is 0.0832. The summed E-state index contributed by atoms with van der Waals surface area (Å²) in [6.07, 6.45) is 1.78. The van der Waals surface area contributed by atoms with Crippen LogP contribution in [0.2, 0.25) is 10.0 Å². The van der Waals surface area contributed by atoms with Crippen molar-refractivity contribution in [1.29, 1.82) is 0 Å². The minimum Gasteiger partial charge on any atom is -0.476 e. The van der Waals surface area contributed by atoms with Crippen molar-refractivity contribution in [2.24, 2.45) is 0 Å². The van der Waals surface area contributed by atoms with Gasteiger partial charge in [-0.15, -0.1) is 0 Å². The van der Waals surface area contributed by atoms with E-state index in [1.807, 2.05) is 0 Å². The quantitative estimate of drug-likeness (QED) is 0.909. The van der Waals surface area contributed by atoms with Crippen molar-refractivity contribution in [1.82, 2.24) is 9.78 Å². The summed E-state index contributed by atoms with van der Waals surface area (Å²) in [6.45, 7) is -0.145. The third-order valence-electron chi connectivity index (χ3n) is 2.54. The van der Waals surface area contributed by atoms with Gasteiger partial charge >= 0.3 is 5.97 Å². The lowest BCUT2D eigenvalue weighted by atomic mass is 10.2. The zero-order valence-electron chi connectivity index (χ0n) is 9.68. The van der Waals surface area contributed by atoms with Gasteiger partial charge in [-0.3, -0.25) is 0 Å². The van der Waals surface area contributed by atoms with Gasteiger partial charge in [-0.05, 0) is 24.6 Å². The summed E-state index contributed by atoms with van der Waals surface area (Å²) in [5, 5.41) is 22.7. The van der Waals surface area contributed by atoms with Gasteiger partial charge in [0.15, 0.2) is 5.69 Å². The molecule has 7 heteroatoms. The van der Waals surface area contributed by atoms with Gasteiger partial charge in [0.2, 0.25) is 0 Å². The van der Waals surface area contributed by atoms with Gasteiger partial charge in [-0.1, -0.05) is 23.2 Å². The van der Waals surface area contributed by atoms with E-state index in [1.165, 1.54) is 4.68 Å². The molecular weight excluding hydrogens is 291 g/mol. The average molecular weight is 301 g/mol. The summed E-state index contributed by atoms with van der Waals surface area (Å²) < 4.78 is 1.40. The van der Waals surface area contributed by atoms with Crippen molar-refractivity contribution in [2.45, 2.75) is 6.42 Å². The molecule has 0 amide bonds. The van der Waals surface area contributed by atoms with Crippen molar-refractivity contribution in [3.05, 3.63) is 45.7 Å². The van der Waals surface area contributed by atoms with E-state index in [9.17, 15) is 4.79 Å². The highest BCUT2D eigenvalue weighted by Gasteiger charge is 2.16. The number of aliphatic hydroxyl groups is 1. The summed E-state index contributed by atoms with van der Waals surface area (Å²) in [6, 6.07) is 4.87. The first-order valence-corrected chi connectivity index (χ1v) is 6.16. The number of carboxylic acid groups (broad SMARTS) is 1. The standard InChI is InChI=1S/C12H10Cl2N2O3/c13-9-2-1-8(5-10(9)14)16-6-7(3-4-17)11(15-16)12(18)19/h1-2,5-6,17H,3-4H2,(H,18,19). The topological polar surface area (TPSA) is 75.3 Å². The first-order valence-electron chi connectivity index (χ1n) is 5.41. The molecule has 2 N–H and O–H groups in total. The van der Waals surface area contributed by atoms with Crippen LogP contribution >= 0.6 is 23.2 Å². The summed E-state index contributed by atoms with van der Waals surface area (Å²) in [5.41, 5.74) is 0.974. The summed E-state index contributed by atoms with van der Waals surface area (Å²) in [7, 11) is 0. The van der Waals surface area contributed by atoms with Crippen molar-refractivity contribution in [3.8, 4) is 5.69 Å². The van der Waals surface area contributed by atoms with Crippen molar-refractivity contribution < 1.29 is 15.0 Å². The molecule has 1 heterocycles. The van der Waals surface area contributed by atoms with Gasteiger partial charge in [0.25, 0.3) is 0 Å². The van der Waals surface area contributed by atoms with Crippen LogP contribution in [0.15, 0.2) is 24.4 Å². The van der Waals surface area contributed by atoms with Gasteiger partial charge in [-0.2, -0.15) is 5.10 Å². The number of carbonyl (C=O) groups is 1. The summed E-state index contributed by atoms with van der Waals surface area (Å²) >= 11 is 11.7. The van der Waals surface area contributed by atoms with Crippen LogP contribution in [0.4, 0.5) is 0 Å². The average Bonchev–Trinajstić information content (AvgIpc) is 2.77. The summed E-state index contributed by atoms with van der Waals surface area (Å²) in [5.74, 6) is -1.14. The smallest absolute Gasteiger partial charge is 0.356 e. The molecular formula is C12H10Cl2N2O3. The van der Waals surface area contributed by atoms with Crippen LogP contribution < -0.4 is 0 Å². The predicted octanol–water partition coefficient (Wildman–Crippen LogP) is 2.41. The number of halogens is 2. The van der Waals surface area contributed by atoms with E-state index in [0.717, 1.165) is 0 Å². The van der Waals surface area contributed by atoms with E-state index >= 15 is 0 Å². The van der Waals surface area contributed by atoms with Crippen LogP contribution in [0, 0.1) is 0 Å². The Morgan fingerprint density at radius 1 is 1.32 bits per heavy atom. The number of nitrogens with zero attached hydrogens (tertiary/aromatic N) is 2. The fourth-order valence-corrected chi connectivity index (χ4v) is 1.95. The second-order valence-electron chi connectivity index (χ2n) is 3.82. The van der Waals surface area contributed by atoms with Crippen molar-refractivity contribution in [3.63, 3.8) is 0 Å². The van der Waals surface area contributed by atoms with Crippen LogP contribution in [0.25, 0.3) is 5.69 Å². The Balaban J connectivity index is 2.47. The maximum atomic E-state index is 11.1. The lowest BCUT2D eigenvalue weighted by Gasteiger charge is -2.02. The molecule has 0 saturated heterocycles. The molecule has 0 saturated carbocycles. The van der Waals surface area contributed by atoms with Crippen LogP contribution in [-0.4, -0.2) is 32.6 Å². The zero-order chi connectivity index (χ0) is 14.0. The third-order valence-corrected chi connectivity index (χ3v) is 3.28. The van der Waals surface area contributed by atoms with Crippen molar-refractivity contribution >= 4 is 29.2 Å². The Labute approximate surface area is 119 Å². The maximum Gasteiger partial charge on any atom is 0.356 e. The molecule has 0 bridgehead atoms. The molecule has 2 aromatic rings. The summed E-state index contributed by atoms with van der Waals surface area (Å²) in [4.78, 5) is 11.1. The van der Waals surface area contributed by atoms with Gasteiger partial charge < -0.3 is 10.2 Å². The van der Waals surface area contributed by atoms with E-state index in [1.54, 1.807) is 24.4 Å². The first-order chi connectivity index (χ1) is 9.02. The van der Waals surface area contributed by atoms with Gasteiger partial charge in [0.05, 0.1) is 15.7 Å². The normalized spacial score (nSPS) is 10.7. The Morgan fingerprint density at radius 3 is 2.63 bits per heavy atom. The maximum absolute atomic E-state index is 11.1. The Morgan fingerprint density at radius 2 is 2.05 bits per heavy atom. The molecule has 0 fully saturated rings. The highest BCUT2D eigenvalue weighted by atomic mass is 35.5. The molecule has 100 valence electrons. The molecule has 1 aromatic carbocycles. The number of hydrogen-bond acceptors (Lipinski definition) is 3. The molecule has 0 spiro atoms. The number of rotatable bonds is 4. The molecule has 0 aliphatic rings. The van der Waals surface area contributed by atoms with Gasteiger partial charge in [-0.25, -0.2) is 9.48 Å². The minimum atomic E-state index is -1.14. The van der Waals surface area contributed by atoms with Gasteiger partial charge in [0, 0.05) is 18.4 Å². The molecule has 0 atom stereocenters. The molecule has 0 aliphatic heterocycles. The SMILES string of the molecule is O=C(O)c1nn(-c2ccc(Cl)c(Cl)c2)cc1CCO. The van der Waals surface area contributed by atoms with Crippen LogP contribution in [0.1, 0.15) is 16.1 Å². The second kappa shape index (κ2) is 5.61. The fourth-order valence-electron chi connectivity index (χ4n) is 1.65. The highest BCUT2D eigenvalue weighted by Crippen LogP contribution is 2.24. The lowest BCUT2D eigenvalue weighted by Crippen LogP contribution is -2.03. The zero-order valence-corrected chi connectivity index (χ0v) is 11.2. The predicted molar refractivity (Wildman–Crippen MR) is 71.3 cm³/mol. The van der Waals surface area contributed by atoms with E-state index in [2.05, 4.69) is 5.10 Å². The number of aromatic nitrogens is 2. The number of aromatic carboxylic acids is 1. The third kappa shape index (κ3) is 2.89. The van der Waals surface area contributed by atoms with Gasteiger partial charge in [0.1, 0.15) is 0 Å².